The number of unbranched alkanes of at least 4 members (excludes halogenated alkanes) is 3. The average Bonchev–Trinajstić information content (AvgIpc) is 2.17. The Bertz CT molecular complexity index is 149. The lowest BCUT2D eigenvalue weighted by molar-refractivity contribution is 0.494. The zero-order valence-electron chi connectivity index (χ0n) is 9.59. The largest absolute Gasteiger partial charge is 0.291 e. The van der Waals surface area contributed by atoms with Gasteiger partial charge in [0.1, 0.15) is 0 Å². The molecule has 0 fully saturated rings. The maximum atomic E-state index is 10.1. The highest BCUT2D eigenvalue weighted by atomic mass is 16.1. The van der Waals surface area contributed by atoms with Crippen molar-refractivity contribution in [3.05, 3.63) is 12.2 Å². The topological polar surface area (TPSA) is 17.1 Å². The molecule has 0 saturated heterocycles. The Labute approximate surface area is 88.6 Å². The molecule has 1 heteroatoms. The Kier molecular flexibility index (Phi) is 10.0. The minimum Gasteiger partial charge on any atom is -0.291 e. The van der Waals surface area contributed by atoms with Crippen LogP contribution in [0.1, 0.15) is 58.8 Å². The summed E-state index contributed by atoms with van der Waals surface area (Å²) in [7, 11) is 0. The Hall–Kier alpha value is -0.590. The van der Waals surface area contributed by atoms with Crippen LogP contribution in [0.5, 0.6) is 0 Å². The van der Waals surface area contributed by atoms with Crippen molar-refractivity contribution in [1.82, 2.24) is 0 Å². The van der Waals surface area contributed by atoms with E-state index >= 15 is 0 Å². The van der Waals surface area contributed by atoms with Crippen LogP contribution < -0.4 is 0 Å². The number of rotatable bonds is 9. The van der Waals surface area contributed by atoms with Gasteiger partial charge in [0.15, 0.2) is 6.29 Å². The first-order valence-electron chi connectivity index (χ1n) is 5.81. The van der Waals surface area contributed by atoms with Crippen molar-refractivity contribution >= 4 is 6.29 Å². The van der Waals surface area contributed by atoms with Crippen LogP contribution in [0.4, 0.5) is 0 Å². The van der Waals surface area contributed by atoms with Crippen molar-refractivity contribution in [3.8, 4) is 0 Å². The second-order valence-corrected chi connectivity index (χ2v) is 4.00. The zero-order valence-corrected chi connectivity index (χ0v) is 9.59. The quantitative estimate of drug-likeness (QED) is 0.401. The first-order valence-corrected chi connectivity index (χ1v) is 5.81. The normalized spacial score (nSPS) is 13.3. The molecule has 1 nitrogen and oxygen atoms in total. The van der Waals surface area contributed by atoms with Crippen LogP contribution >= 0.6 is 0 Å². The third-order valence-corrected chi connectivity index (χ3v) is 2.39. The highest BCUT2D eigenvalue weighted by Crippen LogP contribution is 2.10. The monoisotopic (exact) mass is 195 g/mol. The van der Waals surface area contributed by atoms with Gasteiger partial charge in [-0.05, 0) is 31.6 Å². The highest BCUT2D eigenvalue weighted by Gasteiger charge is 1.99. The van der Waals surface area contributed by atoms with E-state index in [0.717, 1.165) is 12.8 Å². The SMILES string of the molecule is CCCC/C=C/CCCC(C)C[C]=O. The maximum absolute atomic E-state index is 10.1. The van der Waals surface area contributed by atoms with Gasteiger partial charge in [0.2, 0.25) is 0 Å². The van der Waals surface area contributed by atoms with Gasteiger partial charge in [-0.1, -0.05) is 38.8 Å². The fraction of sp³-hybridized carbons (Fsp3) is 0.769. The molecule has 0 heterocycles. The first-order chi connectivity index (χ1) is 6.81. The number of allylic oxidation sites excluding steroid dienone is 2. The standard InChI is InChI=1S/C13H23O/c1-3-4-5-6-7-8-9-10-13(2)11-12-14/h6-7,13H,3-5,8-11H2,1-2H3/b7-6+. The molecule has 0 aromatic rings. The predicted molar refractivity (Wildman–Crippen MR) is 62.0 cm³/mol. The van der Waals surface area contributed by atoms with Crippen LogP contribution in [0.25, 0.3) is 0 Å². The Morgan fingerprint density at radius 2 is 1.86 bits per heavy atom. The molecule has 0 amide bonds. The van der Waals surface area contributed by atoms with Crippen molar-refractivity contribution in [1.29, 1.82) is 0 Å². The Morgan fingerprint density at radius 1 is 1.21 bits per heavy atom. The van der Waals surface area contributed by atoms with Gasteiger partial charge in [0, 0.05) is 6.42 Å². The molecule has 0 aliphatic carbocycles. The molecule has 0 aromatic heterocycles. The van der Waals surface area contributed by atoms with Gasteiger partial charge in [-0.2, -0.15) is 0 Å². The lowest BCUT2D eigenvalue weighted by Crippen LogP contribution is -1.94. The van der Waals surface area contributed by atoms with E-state index in [2.05, 4.69) is 26.0 Å². The van der Waals surface area contributed by atoms with Gasteiger partial charge in [-0.25, -0.2) is 0 Å². The Balaban J connectivity index is 3.19. The number of hydrogen-bond acceptors (Lipinski definition) is 1. The summed E-state index contributed by atoms with van der Waals surface area (Å²) in [4.78, 5) is 10.1. The van der Waals surface area contributed by atoms with E-state index in [1.807, 2.05) is 6.29 Å². The molecule has 0 N–H and O–H groups in total. The van der Waals surface area contributed by atoms with E-state index in [-0.39, 0.29) is 0 Å². The second kappa shape index (κ2) is 10.5. The summed E-state index contributed by atoms with van der Waals surface area (Å²) >= 11 is 0. The summed E-state index contributed by atoms with van der Waals surface area (Å²) < 4.78 is 0. The Morgan fingerprint density at radius 3 is 2.43 bits per heavy atom. The van der Waals surface area contributed by atoms with Crippen molar-refractivity contribution < 1.29 is 4.79 Å². The predicted octanol–water partition coefficient (Wildman–Crippen LogP) is 4.04. The van der Waals surface area contributed by atoms with Crippen molar-refractivity contribution in [2.75, 3.05) is 0 Å². The minimum atomic E-state index is 0.511. The summed E-state index contributed by atoms with van der Waals surface area (Å²) in [6.45, 7) is 4.33. The molecule has 81 valence electrons. The molecule has 0 aromatic carbocycles. The summed E-state index contributed by atoms with van der Waals surface area (Å²) in [6.07, 6.45) is 14.4. The van der Waals surface area contributed by atoms with Crippen LogP contribution in [0, 0.1) is 5.92 Å². The number of carbonyl (C=O) groups excluding carboxylic acids is 1. The summed E-state index contributed by atoms with van der Waals surface area (Å²) in [5.41, 5.74) is 0. The van der Waals surface area contributed by atoms with E-state index < -0.39 is 0 Å². The molecule has 1 unspecified atom stereocenters. The van der Waals surface area contributed by atoms with Gasteiger partial charge in [-0.15, -0.1) is 0 Å². The molecule has 0 aliphatic heterocycles. The van der Waals surface area contributed by atoms with Crippen LogP contribution in [-0.4, -0.2) is 6.29 Å². The second-order valence-electron chi connectivity index (χ2n) is 4.00. The fourth-order valence-corrected chi connectivity index (χ4v) is 1.39. The van der Waals surface area contributed by atoms with Crippen LogP contribution in [0.3, 0.4) is 0 Å². The lowest BCUT2D eigenvalue weighted by Gasteiger charge is -2.04. The summed E-state index contributed by atoms with van der Waals surface area (Å²) in [5.74, 6) is 0.511. The average molecular weight is 195 g/mol. The van der Waals surface area contributed by atoms with Gasteiger partial charge >= 0.3 is 0 Å². The molecule has 0 bridgehead atoms. The zero-order chi connectivity index (χ0) is 10.6. The van der Waals surface area contributed by atoms with Crippen LogP contribution in [0.2, 0.25) is 0 Å². The fourth-order valence-electron chi connectivity index (χ4n) is 1.39. The molecule has 1 radical (unpaired) electrons. The van der Waals surface area contributed by atoms with Gasteiger partial charge < -0.3 is 0 Å². The van der Waals surface area contributed by atoms with Crippen molar-refractivity contribution in [2.24, 2.45) is 5.92 Å². The highest BCUT2D eigenvalue weighted by molar-refractivity contribution is 5.50. The van der Waals surface area contributed by atoms with E-state index in [4.69, 9.17) is 0 Å². The smallest absolute Gasteiger partial charge is 0.198 e. The van der Waals surface area contributed by atoms with E-state index in [1.165, 1.54) is 25.7 Å². The molecule has 0 spiro atoms. The molecular formula is C13H23O. The molecule has 14 heavy (non-hydrogen) atoms. The first kappa shape index (κ1) is 13.4. The number of hydrogen-bond donors (Lipinski definition) is 0. The molecule has 1 atom stereocenters. The minimum absolute atomic E-state index is 0.511. The molecule has 0 saturated carbocycles. The maximum Gasteiger partial charge on any atom is 0.198 e. The van der Waals surface area contributed by atoms with Gasteiger partial charge in [0.25, 0.3) is 0 Å². The third kappa shape index (κ3) is 9.50. The lowest BCUT2D eigenvalue weighted by atomic mass is 10.0. The van der Waals surface area contributed by atoms with Crippen LogP contribution in [-0.2, 0) is 4.79 Å². The van der Waals surface area contributed by atoms with Crippen molar-refractivity contribution in [2.45, 2.75) is 58.8 Å². The van der Waals surface area contributed by atoms with E-state index in [9.17, 15) is 4.79 Å². The molecule has 0 aliphatic rings. The van der Waals surface area contributed by atoms with Gasteiger partial charge in [-0.3, -0.25) is 4.79 Å². The molecular weight excluding hydrogens is 172 g/mol. The molecule has 0 rings (SSSR count). The summed E-state index contributed by atoms with van der Waals surface area (Å²) in [6, 6.07) is 0. The third-order valence-electron chi connectivity index (χ3n) is 2.39. The van der Waals surface area contributed by atoms with E-state index in [1.54, 1.807) is 0 Å². The van der Waals surface area contributed by atoms with Crippen molar-refractivity contribution in [3.63, 3.8) is 0 Å². The van der Waals surface area contributed by atoms with Gasteiger partial charge in [0.05, 0.1) is 0 Å². The van der Waals surface area contributed by atoms with E-state index in [0.29, 0.717) is 12.3 Å². The summed E-state index contributed by atoms with van der Waals surface area (Å²) in [5, 5.41) is 0. The van der Waals surface area contributed by atoms with Crippen LogP contribution in [0.15, 0.2) is 12.2 Å².